The Morgan fingerprint density at radius 1 is 1.50 bits per heavy atom. The number of allylic oxidation sites excluding steroid dienone is 3. The zero-order valence-electron chi connectivity index (χ0n) is 4.88. The van der Waals surface area contributed by atoms with Crippen molar-refractivity contribution in [2.75, 3.05) is 6.54 Å². The fourth-order valence-electron chi connectivity index (χ4n) is 0.807. The van der Waals surface area contributed by atoms with Crippen molar-refractivity contribution in [3.63, 3.8) is 0 Å². The van der Waals surface area contributed by atoms with Gasteiger partial charge in [-0.3, -0.25) is 0 Å². The Morgan fingerprint density at radius 2 is 2.38 bits per heavy atom. The Bertz CT molecular complexity index is 114. The highest BCUT2D eigenvalue weighted by molar-refractivity contribution is 5.10. The highest BCUT2D eigenvalue weighted by Gasteiger charge is 1.99. The third-order valence-electron chi connectivity index (χ3n) is 1.37. The van der Waals surface area contributed by atoms with Crippen LogP contribution in [0.25, 0.3) is 0 Å². The second-order valence-corrected chi connectivity index (χ2v) is 2.04. The minimum Gasteiger partial charge on any atom is -0.330 e. The van der Waals surface area contributed by atoms with E-state index >= 15 is 0 Å². The van der Waals surface area contributed by atoms with Crippen LogP contribution in [-0.4, -0.2) is 6.54 Å². The number of rotatable bonds is 1. The molecule has 0 bridgehead atoms. The van der Waals surface area contributed by atoms with Crippen molar-refractivity contribution in [3.8, 4) is 0 Å². The lowest BCUT2D eigenvalue weighted by Crippen LogP contribution is -2.11. The molecule has 0 aromatic carbocycles. The largest absolute Gasteiger partial charge is 0.330 e. The van der Waals surface area contributed by atoms with Crippen LogP contribution in [0.2, 0.25) is 0 Å². The predicted octanol–water partition coefficient (Wildman–Crippen LogP) is 1.08. The Balaban J connectivity index is 2.40. The lowest BCUT2D eigenvalue weighted by atomic mass is 10.0. The molecule has 1 rings (SSSR count). The quantitative estimate of drug-likeness (QED) is 0.535. The van der Waals surface area contributed by atoms with Crippen LogP contribution in [-0.2, 0) is 0 Å². The zero-order chi connectivity index (χ0) is 5.82. The van der Waals surface area contributed by atoms with Gasteiger partial charge in [-0.05, 0) is 18.9 Å². The molecule has 0 fully saturated rings. The SMILES string of the molecule is NCC1C=CC=CC1. The van der Waals surface area contributed by atoms with Crippen LogP contribution in [0.15, 0.2) is 24.3 Å². The topological polar surface area (TPSA) is 26.0 Å². The standard InChI is InChI=1S/C7H11N/c8-6-7-4-2-1-3-5-7/h1-4,7H,5-6,8H2. The van der Waals surface area contributed by atoms with Gasteiger partial charge < -0.3 is 5.73 Å². The van der Waals surface area contributed by atoms with Crippen molar-refractivity contribution in [3.05, 3.63) is 24.3 Å². The van der Waals surface area contributed by atoms with E-state index < -0.39 is 0 Å². The summed E-state index contributed by atoms with van der Waals surface area (Å²) < 4.78 is 0. The van der Waals surface area contributed by atoms with E-state index in [4.69, 9.17) is 5.73 Å². The van der Waals surface area contributed by atoms with E-state index in [0.717, 1.165) is 13.0 Å². The first-order valence-electron chi connectivity index (χ1n) is 2.97. The number of hydrogen-bond donors (Lipinski definition) is 1. The molecule has 1 aliphatic carbocycles. The first kappa shape index (κ1) is 5.57. The van der Waals surface area contributed by atoms with Crippen LogP contribution in [0.3, 0.4) is 0 Å². The van der Waals surface area contributed by atoms with Crippen LogP contribution in [0, 0.1) is 5.92 Å². The lowest BCUT2D eigenvalue weighted by molar-refractivity contribution is 0.669. The molecule has 1 atom stereocenters. The first-order chi connectivity index (χ1) is 3.93. The fourth-order valence-corrected chi connectivity index (χ4v) is 0.807. The van der Waals surface area contributed by atoms with E-state index in [1.54, 1.807) is 0 Å². The third kappa shape index (κ3) is 1.20. The summed E-state index contributed by atoms with van der Waals surface area (Å²) in [7, 11) is 0. The molecule has 0 heterocycles. The van der Waals surface area contributed by atoms with Gasteiger partial charge in [0.25, 0.3) is 0 Å². The van der Waals surface area contributed by atoms with Gasteiger partial charge in [0.2, 0.25) is 0 Å². The molecule has 2 N–H and O–H groups in total. The fraction of sp³-hybridized carbons (Fsp3) is 0.429. The summed E-state index contributed by atoms with van der Waals surface area (Å²) in [5, 5.41) is 0. The Labute approximate surface area is 49.9 Å². The second-order valence-electron chi connectivity index (χ2n) is 2.04. The molecule has 1 heteroatoms. The molecule has 0 saturated carbocycles. The average Bonchev–Trinajstić information content (AvgIpc) is 1.90. The maximum absolute atomic E-state index is 5.42. The van der Waals surface area contributed by atoms with Crippen LogP contribution < -0.4 is 5.73 Å². The molecule has 0 radical (unpaired) electrons. The zero-order valence-corrected chi connectivity index (χ0v) is 4.88. The van der Waals surface area contributed by atoms with Crippen LogP contribution >= 0.6 is 0 Å². The summed E-state index contributed by atoms with van der Waals surface area (Å²) >= 11 is 0. The van der Waals surface area contributed by atoms with Crippen LogP contribution in [0.1, 0.15) is 6.42 Å². The van der Waals surface area contributed by atoms with E-state index in [-0.39, 0.29) is 0 Å². The molecule has 0 amide bonds. The Hall–Kier alpha value is -0.560. The van der Waals surface area contributed by atoms with Crippen molar-refractivity contribution in [1.29, 1.82) is 0 Å². The van der Waals surface area contributed by atoms with Gasteiger partial charge in [0.15, 0.2) is 0 Å². The molecule has 1 unspecified atom stereocenters. The molecule has 1 nitrogen and oxygen atoms in total. The van der Waals surface area contributed by atoms with Crippen LogP contribution in [0.5, 0.6) is 0 Å². The molecule has 0 aliphatic heterocycles. The molecule has 0 aromatic rings. The summed E-state index contributed by atoms with van der Waals surface area (Å²) in [6.07, 6.45) is 9.54. The molecular formula is C7H11N. The minimum atomic E-state index is 0.597. The van der Waals surface area contributed by atoms with Crippen molar-refractivity contribution in [2.45, 2.75) is 6.42 Å². The molecule has 0 aromatic heterocycles. The summed E-state index contributed by atoms with van der Waals surface area (Å²) in [4.78, 5) is 0. The third-order valence-corrected chi connectivity index (χ3v) is 1.37. The van der Waals surface area contributed by atoms with Crippen LogP contribution in [0.4, 0.5) is 0 Å². The Kier molecular flexibility index (Phi) is 1.86. The molecule has 8 heavy (non-hydrogen) atoms. The van der Waals surface area contributed by atoms with E-state index in [9.17, 15) is 0 Å². The van der Waals surface area contributed by atoms with Crippen molar-refractivity contribution < 1.29 is 0 Å². The summed E-state index contributed by atoms with van der Waals surface area (Å²) in [5.74, 6) is 0.597. The maximum Gasteiger partial charge on any atom is -0.00111 e. The van der Waals surface area contributed by atoms with E-state index in [1.165, 1.54) is 0 Å². The van der Waals surface area contributed by atoms with Gasteiger partial charge in [-0.2, -0.15) is 0 Å². The Morgan fingerprint density at radius 3 is 2.75 bits per heavy atom. The van der Waals surface area contributed by atoms with E-state index in [2.05, 4.69) is 24.3 Å². The number of nitrogens with two attached hydrogens (primary N) is 1. The maximum atomic E-state index is 5.42. The van der Waals surface area contributed by atoms with Gasteiger partial charge in [0, 0.05) is 0 Å². The van der Waals surface area contributed by atoms with Gasteiger partial charge in [-0.15, -0.1) is 0 Å². The van der Waals surface area contributed by atoms with Gasteiger partial charge in [-0.1, -0.05) is 24.3 Å². The predicted molar refractivity (Wildman–Crippen MR) is 35.4 cm³/mol. The molecule has 44 valence electrons. The average molecular weight is 109 g/mol. The molecule has 0 saturated heterocycles. The van der Waals surface area contributed by atoms with Gasteiger partial charge in [-0.25, -0.2) is 0 Å². The lowest BCUT2D eigenvalue weighted by Gasteiger charge is -2.07. The molecule has 1 aliphatic rings. The van der Waals surface area contributed by atoms with Crippen molar-refractivity contribution in [1.82, 2.24) is 0 Å². The normalized spacial score (nSPS) is 26.4. The van der Waals surface area contributed by atoms with Gasteiger partial charge in [0.1, 0.15) is 0 Å². The smallest absolute Gasteiger partial charge is 0.00111 e. The number of hydrogen-bond acceptors (Lipinski definition) is 1. The molecule has 0 spiro atoms. The second kappa shape index (κ2) is 2.68. The minimum absolute atomic E-state index is 0.597. The van der Waals surface area contributed by atoms with E-state index in [0.29, 0.717) is 5.92 Å². The first-order valence-corrected chi connectivity index (χ1v) is 2.97. The highest BCUT2D eigenvalue weighted by Crippen LogP contribution is 2.08. The van der Waals surface area contributed by atoms with Crippen molar-refractivity contribution >= 4 is 0 Å². The highest BCUT2D eigenvalue weighted by atomic mass is 14.5. The van der Waals surface area contributed by atoms with Gasteiger partial charge in [0.05, 0.1) is 0 Å². The summed E-state index contributed by atoms with van der Waals surface area (Å²) in [5.41, 5.74) is 5.42. The molecular weight excluding hydrogens is 98.1 g/mol. The summed E-state index contributed by atoms with van der Waals surface area (Å²) in [6.45, 7) is 0.779. The van der Waals surface area contributed by atoms with E-state index in [1.807, 2.05) is 0 Å². The summed E-state index contributed by atoms with van der Waals surface area (Å²) in [6, 6.07) is 0. The monoisotopic (exact) mass is 109 g/mol. The van der Waals surface area contributed by atoms with Gasteiger partial charge >= 0.3 is 0 Å². The van der Waals surface area contributed by atoms with Crippen molar-refractivity contribution in [2.24, 2.45) is 11.7 Å².